The van der Waals surface area contributed by atoms with Crippen molar-refractivity contribution in [1.29, 1.82) is 0 Å². The highest BCUT2D eigenvalue weighted by Gasteiger charge is 2.40. The van der Waals surface area contributed by atoms with E-state index in [2.05, 4.69) is 5.32 Å². The van der Waals surface area contributed by atoms with Gasteiger partial charge in [0.05, 0.1) is 40.1 Å². The molecule has 0 saturated carbocycles. The van der Waals surface area contributed by atoms with Crippen LogP contribution in [0.1, 0.15) is 18.1 Å². The molecule has 1 aliphatic heterocycles. The van der Waals surface area contributed by atoms with E-state index in [0.29, 0.717) is 28.6 Å². The lowest BCUT2D eigenvalue weighted by molar-refractivity contribution is -0.116. The summed E-state index contributed by atoms with van der Waals surface area (Å²) in [6.07, 6.45) is 0. The predicted molar refractivity (Wildman–Crippen MR) is 145 cm³/mol. The minimum atomic E-state index is -4.41. The van der Waals surface area contributed by atoms with Gasteiger partial charge in [0.2, 0.25) is 0 Å². The monoisotopic (exact) mass is 556 g/mol. The van der Waals surface area contributed by atoms with E-state index >= 15 is 0 Å². The maximum Gasteiger partial charge on any atom is 0.270 e. The van der Waals surface area contributed by atoms with E-state index in [-0.39, 0.29) is 36.5 Å². The highest BCUT2D eigenvalue weighted by atomic mass is 32.2. The van der Waals surface area contributed by atoms with Crippen LogP contribution in [-0.2, 0) is 21.4 Å². The number of carbonyl (C=O) groups is 1. The smallest absolute Gasteiger partial charge is 0.270 e. The van der Waals surface area contributed by atoms with Gasteiger partial charge < -0.3 is 24.3 Å². The van der Waals surface area contributed by atoms with E-state index in [0.717, 1.165) is 4.31 Å². The highest BCUT2D eigenvalue weighted by molar-refractivity contribution is 7.97. The zero-order valence-electron chi connectivity index (χ0n) is 22.0. The van der Waals surface area contributed by atoms with Gasteiger partial charge in [-0.1, -0.05) is 30.3 Å². The Morgan fingerprint density at radius 2 is 1.51 bits per heavy atom. The van der Waals surface area contributed by atoms with E-state index in [4.69, 9.17) is 18.9 Å². The van der Waals surface area contributed by atoms with Crippen LogP contribution in [0.25, 0.3) is 5.57 Å². The third kappa shape index (κ3) is 5.49. The standard InChI is InChI=1S/C28H29FN2O7S/c1-18-20-15-25(36-3)26(37-4)16-22(20)31(17-19-9-5-6-10-21(19)29)39(33,34)27(18)28(32)30-13-14-38-24-12-8-7-11-23(24)35-2/h5-12,15-16H,13-14,17H2,1-4H3,(H,30,32). The number of nitrogens with zero attached hydrogens (tertiary/aromatic N) is 1. The fraction of sp³-hybridized carbons (Fsp3) is 0.250. The Bertz CT molecular complexity index is 1520. The average molecular weight is 557 g/mol. The Kier molecular flexibility index (Phi) is 8.29. The van der Waals surface area contributed by atoms with Crippen LogP contribution in [0.3, 0.4) is 0 Å². The molecule has 206 valence electrons. The number of allylic oxidation sites excluding steroid dienone is 1. The molecule has 3 aromatic rings. The van der Waals surface area contributed by atoms with Crippen molar-refractivity contribution >= 4 is 27.2 Å². The summed E-state index contributed by atoms with van der Waals surface area (Å²) >= 11 is 0. The van der Waals surface area contributed by atoms with Crippen LogP contribution in [0.15, 0.2) is 65.6 Å². The molecule has 1 amide bonds. The summed E-state index contributed by atoms with van der Waals surface area (Å²) in [7, 11) is -0.0103. The van der Waals surface area contributed by atoms with Gasteiger partial charge in [-0.3, -0.25) is 9.10 Å². The summed E-state index contributed by atoms with van der Waals surface area (Å²) in [4.78, 5) is 12.9. The van der Waals surface area contributed by atoms with E-state index in [1.807, 2.05) is 0 Å². The number of para-hydroxylation sites is 2. The number of nitrogens with one attached hydrogen (secondary N) is 1. The quantitative estimate of drug-likeness (QED) is 0.375. The molecule has 0 saturated heterocycles. The summed E-state index contributed by atoms with van der Waals surface area (Å²) in [6, 6.07) is 16.0. The first-order valence-electron chi connectivity index (χ1n) is 12.0. The Morgan fingerprint density at radius 1 is 0.897 bits per heavy atom. The molecule has 0 atom stereocenters. The van der Waals surface area contributed by atoms with Crippen molar-refractivity contribution < 1.29 is 36.6 Å². The van der Waals surface area contributed by atoms with E-state index in [9.17, 15) is 17.6 Å². The van der Waals surface area contributed by atoms with Crippen molar-refractivity contribution in [2.75, 3.05) is 38.8 Å². The number of hydrogen-bond acceptors (Lipinski definition) is 7. The van der Waals surface area contributed by atoms with Gasteiger partial charge in [-0.15, -0.1) is 0 Å². The van der Waals surface area contributed by atoms with Gasteiger partial charge in [0, 0.05) is 17.2 Å². The molecule has 0 aromatic heterocycles. The molecule has 39 heavy (non-hydrogen) atoms. The molecule has 0 spiro atoms. The molecule has 0 aliphatic carbocycles. The lowest BCUT2D eigenvalue weighted by atomic mass is 10.0. The largest absolute Gasteiger partial charge is 0.493 e. The van der Waals surface area contributed by atoms with Gasteiger partial charge in [0.25, 0.3) is 15.9 Å². The number of anilines is 1. The minimum Gasteiger partial charge on any atom is -0.493 e. The van der Waals surface area contributed by atoms with Crippen molar-refractivity contribution in [3.8, 4) is 23.0 Å². The number of sulfonamides is 1. The molecule has 4 rings (SSSR count). The van der Waals surface area contributed by atoms with Crippen LogP contribution in [0.4, 0.5) is 10.1 Å². The molecule has 0 fully saturated rings. The Balaban J connectivity index is 1.68. The Morgan fingerprint density at radius 3 is 2.18 bits per heavy atom. The zero-order chi connectivity index (χ0) is 28.2. The Hall–Kier alpha value is -4.25. The molecular weight excluding hydrogens is 527 g/mol. The maximum atomic E-state index is 14.6. The van der Waals surface area contributed by atoms with Crippen molar-refractivity contribution in [2.24, 2.45) is 0 Å². The lowest BCUT2D eigenvalue weighted by Crippen LogP contribution is -2.41. The minimum absolute atomic E-state index is 0.0231. The third-order valence-corrected chi connectivity index (χ3v) is 8.17. The SMILES string of the molecule is COc1cc2c(cc1OC)N(Cc1ccccc1F)S(=O)(=O)C(C(=O)NCCOc1ccccc1OC)=C2C. The number of benzene rings is 3. The molecule has 3 aromatic carbocycles. The molecule has 1 aliphatic rings. The third-order valence-electron chi connectivity index (χ3n) is 6.26. The van der Waals surface area contributed by atoms with Gasteiger partial charge >= 0.3 is 0 Å². The summed E-state index contributed by atoms with van der Waals surface area (Å²) < 4.78 is 65.1. The normalized spacial score (nSPS) is 13.9. The van der Waals surface area contributed by atoms with Crippen molar-refractivity contribution in [2.45, 2.75) is 13.5 Å². The van der Waals surface area contributed by atoms with Gasteiger partial charge in [-0.2, -0.15) is 0 Å². The van der Waals surface area contributed by atoms with E-state index in [1.165, 1.54) is 45.6 Å². The van der Waals surface area contributed by atoms with Crippen LogP contribution in [0.2, 0.25) is 0 Å². The molecule has 0 bridgehead atoms. The molecule has 0 radical (unpaired) electrons. The first-order chi connectivity index (χ1) is 18.7. The van der Waals surface area contributed by atoms with Gasteiger partial charge in [0.1, 0.15) is 12.4 Å². The van der Waals surface area contributed by atoms with Crippen LogP contribution >= 0.6 is 0 Å². The fourth-order valence-corrected chi connectivity index (χ4v) is 6.06. The summed E-state index contributed by atoms with van der Waals surface area (Å²) in [5.41, 5.74) is 1.05. The molecular formula is C28H29FN2O7S. The number of rotatable bonds is 10. The number of carbonyl (C=O) groups excluding carboxylic acids is 1. The summed E-state index contributed by atoms with van der Waals surface area (Å²) in [5.74, 6) is 0.281. The van der Waals surface area contributed by atoms with E-state index < -0.39 is 26.7 Å². The van der Waals surface area contributed by atoms with Crippen molar-refractivity contribution in [3.05, 3.63) is 82.5 Å². The molecule has 0 unspecified atom stereocenters. The number of hydrogen-bond donors (Lipinski definition) is 1. The van der Waals surface area contributed by atoms with Crippen molar-refractivity contribution in [1.82, 2.24) is 5.32 Å². The lowest BCUT2D eigenvalue weighted by Gasteiger charge is -2.33. The second kappa shape index (κ2) is 11.6. The first-order valence-corrected chi connectivity index (χ1v) is 13.4. The van der Waals surface area contributed by atoms with Crippen molar-refractivity contribution in [3.63, 3.8) is 0 Å². The number of halogens is 1. The first kappa shape index (κ1) is 27.8. The summed E-state index contributed by atoms with van der Waals surface area (Å²) in [5, 5.41) is 2.63. The van der Waals surface area contributed by atoms with Gasteiger partial charge in [0.15, 0.2) is 27.9 Å². The number of methoxy groups -OCH3 is 3. The van der Waals surface area contributed by atoms with Crippen LogP contribution < -0.4 is 28.6 Å². The summed E-state index contributed by atoms with van der Waals surface area (Å²) in [6.45, 7) is 1.30. The Labute approximate surface area is 226 Å². The maximum absolute atomic E-state index is 14.6. The molecule has 1 heterocycles. The number of fused-ring (bicyclic) bond motifs is 1. The molecule has 11 heteroatoms. The topological polar surface area (TPSA) is 103 Å². The van der Waals surface area contributed by atoms with Gasteiger partial charge in [-0.05, 0) is 36.8 Å². The second-order valence-electron chi connectivity index (χ2n) is 8.54. The predicted octanol–water partition coefficient (Wildman–Crippen LogP) is 4.13. The fourth-order valence-electron chi connectivity index (χ4n) is 4.31. The van der Waals surface area contributed by atoms with Crippen LogP contribution in [-0.4, -0.2) is 48.8 Å². The van der Waals surface area contributed by atoms with E-state index in [1.54, 1.807) is 43.3 Å². The number of ether oxygens (including phenoxy) is 4. The van der Waals surface area contributed by atoms with Crippen LogP contribution in [0, 0.1) is 5.82 Å². The highest BCUT2D eigenvalue weighted by Crippen LogP contribution is 2.45. The number of amides is 1. The second-order valence-corrected chi connectivity index (χ2v) is 10.3. The average Bonchev–Trinajstić information content (AvgIpc) is 2.93. The van der Waals surface area contributed by atoms with Crippen LogP contribution in [0.5, 0.6) is 23.0 Å². The molecule has 1 N–H and O–H groups in total. The van der Waals surface area contributed by atoms with Gasteiger partial charge in [-0.25, -0.2) is 12.8 Å². The molecule has 9 nitrogen and oxygen atoms in total. The zero-order valence-corrected chi connectivity index (χ0v) is 22.8.